The fourth-order valence-corrected chi connectivity index (χ4v) is 2.44. The van der Waals surface area contributed by atoms with Gasteiger partial charge in [-0.2, -0.15) is 0 Å². The van der Waals surface area contributed by atoms with E-state index in [9.17, 15) is 4.79 Å². The van der Waals surface area contributed by atoms with Crippen LogP contribution in [0.1, 0.15) is 11.3 Å². The van der Waals surface area contributed by atoms with Crippen molar-refractivity contribution in [3.8, 4) is 0 Å². The summed E-state index contributed by atoms with van der Waals surface area (Å²) in [7, 11) is 0. The van der Waals surface area contributed by atoms with Gasteiger partial charge in [-0.3, -0.25) is 4.79 Å². The number of nitrogens with one attached hydrogen (secondary N) is 1. The van der Waals surface area contributed by atoms with Crippen molar-refractivity contribution in [1.29, 1.82) is 0 Å². The molecule has 0 atom stereocenters. The van der Waals surface area contributed by atoms with Crippen molar-refractivity contribution >= 4 is 29.3 Å². The SMILES string of the molecule is O=C(CSCc1ccc(Cl)cc1)NCc1ccco1. The molecular weight excluding hydrogens is 282 g/mol. The molecule has 0 aliphatic heterocycles. The van der Waals surface area contributed by atoms with E-state index in [1.807, 2.05) is 30.3 Å². The zero-order valence-corrected chi connectivity index (χ0v) is 11.8. The summed E-state index contributed by atoms with van der Waals surface area (Å²) in [5.74, 6) is 2.00. The monoisotopic (exact) mass is 295 g/mol. The van der Waals surface area contributed by atoms with E-state index in [1.54, 1.807) is 24.1 Å². The Morgan fingerprint density at radius 1 is 1.26 bits per heavy atom. The molecular formula is C14H14ClNO2S. The molecule has 2 rings (SSSR count). The molecule has 0 spiro atoms. The van der Waals surface area contributed by atoms with Gasteiger partial charge in [0.2, 0.25) is 5.91 Å². The Morgan fingerprint density at radius 3 is 2.74 bits per heavy atom. The van der Waals surface area contributed by atoms with Crippen molar-refractivity contribution in [3.63, 3.8) is 0 Å². The number of hydrogen-bond donors (Lipinski definition) is 1. The summed E-state index contributed by atoms with van der Waals surface area (Å²) >= 11 is 7.38. The summed E-state index contributed by atoms with van der Waals surface area (Å²) in [5.41, 5.74) is 1.16. The molecule has 19 heavy (non-hydrogen) atoms. The standard InChI is InChI=1S/C14H14ClNO2S/c15-12-5-3-11(4-6-12)9-19-10-14(17)16-8-13-2-1-7-18-13/h1-7H,8-10H2,(H,16,17). The second-order valence-corrected chi connectivity index (χ2v) is 5.40. The van der Waals surface area contributed by atoms with Gasteiger partial charge in [-0.15, -0.1) is 11.8 Å². The van der Waals surface area contributed by atoms with Crippen LogP contribution < -0.4 is 5.32 Å². The maximum Gasteiger partial charge on any atom is 0.230 e. The van der Waals surface area contributed by atoms with Crippen molar-refractivity contribution < 1.29 is 9.21 Å². The van der Waals surface area contributed by atoms with Crippen LogP contribution in [0.3, 0.4) is 0 Å². The second-order valence-electron chi connectivity index (χ2n) is 3.98. The highest BCUT2D eigenvalue weighted by molar-refractivity contribution is 7.99. The quantitative estimate of drug-likeness (QED) is 0.887. The van der Waals surface area contributed by atoms with Gasteiger partial charge in [0.25, 0.3) is 0 Å². The van der Waals surface area contributed by atoms with Gasteiger partial charge in [0.1, 0.15) is 5.76 Å². The molecule has 0 saturated heterocycles. The Hall–Kier alpha value is -1.39. The lowest BCUT2D eigenvalue weighted by atomic mass is 10.2. The molecule has 2 aromatic rings. The average Bonchev–Trinajstić information content (AvgIpc) is 2.92. The molecule has 1 heterocycles. The van der Waals surface area contributed by atoms with Gasteiger partial charge < -0.3 is 9.73 Å². The van der Waals surface area contributed by atoms with Crippen LogP contribution in [0.4, 0.5) is 0 Å². The Labute approximate surface area is 121 Å². The van der Waals surface area contributed by atoms with Crippen molar-refractivity contribution in [2.24, 2.45) is 0 Å². The van der Waals surface area contributed by atoms with E-state index in [-0.39, 0.29) is 5.91 Å². The number of amides is 1. The third-order valence-corrected chi connectivity index (χ3v) is 3.71. The fraction of sp³-hybridized carbons (Fsp3) is 0.214. The minimum atomic E-state index is 0.00960. The van der Waals surface area contributed by atoms with Crippen LogP contribution in [0.2, 0.25) is 5.02 Å². The molecule has 0 saturated carbocycles. The highest BCUT2D eigenvalue weighted by atomic mass is 35.5. The number of thioether (sulfide) groups is 1. The summed E-state index contributed by atoms with van der Waals surface area (Å²) < 4.78 is 5.13. The Balaban J connectivity index is 1.65. The highest BCUT2D eigenvalue weighted by Crippen LogP contribution is 2.15. The lowest BCUT2D eigenvalue weighted by Crippen LogP contribution is -2.24. The number of rotatable bonds is 6. The van der Waals surface area contributed by atoms with E-state index < -0.39 is 0 Å². The first-order chi connectivity index (χ1) is 9.24. The highest BCUT2D eigenvalue weighted by Gasteiger charge is 2.03. The van der Waals surface area contributed by atoms with Gasteiger partial charge >= 0.3 is 0 Å². The van der Waals surface area contributed by atoms with Gasteiger partial charge in [0.05, 0.1) is 18.6 Å². The van der Waals surface area contributed by atoms with Crippen LogP contribution >= 0.6 is 23.4 Å². The largest absolute Gasteiger partial charge is 0.467 e. The smallest absolute Gasteiger partial charge is 0.230 e. The van der Waals surface area contributed by atoms with Crippen LogP contribution in [0.25, 0.3) is 0 Å². The van der Waals surface area contributed by atoms with Crippen molar-refractivity contribution in [2.75, 3.05) is 5.75 Å². The number of furan rings is 1. The van der Waals surface area contributed by atoms with E-state index in [1.165, 1.54) is 0 Å². The minimum Gasteiger partial charge on any atom is -0.467 e. The third-order valence-electron chi connectivity index (χ3n) is 2.46. The van der Waals surface area contributed by atoms with Gasteiger partial charge in [-0.1, -0.05) is 23.7 Å². The maximum absolute atomic E-state index is 11.6. The average molecular weight is 296 g/mol. The van der Waals surface area contributed by atoms with E-state index in [4.69, 9.17) is 16.0 Å². The number of benzene rings is 1. The molecule has 0 aliphatic rings. The molecule has 0 radical (unpaired) electrons. The first kappa shape index (κ1) is 14.0. The molecule has 0 aliphatic carbocycles. The third kappa shape index (κ3) is 5.01. The molecule has 0 unspecified atom stereocenters. The van der Waals surface area contributed by atoms with E-state index in [0.29, 0.717) is 12.3 Å². The summed E-state index contributed by atoms with van der Waals surface area (Å²) in [4.78, 5) is 11.6. The van der Waals surface area contributed by atoms with Crippen molar-refractivity contribution in [3.05, 3.63) is 59.0 Å². The van der Waals surface area contributed by atoms with Gasteiger partial charge in [0.15, 0.2) is 0 Å². The Bertz CT molecular complexity index is 511. The maximum atomic E-state index is 11.6. The first-order valence-electron chi connectivity index (χ1n) is 5.85. The van der Waals surface area contributed by atoms with Crippen molar-refractivity contribution in [2.45, 2.75) is 12.3 Å². The Morgan fingerprint density at radius 2 is 2.05 bits per heavy atom. The van der Waals surface area contributed by atoms with E-state index in [2.05, 4.69) is 5.32 Å². The van der Waals surface area contributed by atoms with Crippen molar-refractivity contribution in [1.82, 2.24) is 5.32 Å². The zero-order chi connectivity index (χ0) is 13.5. The molecule has 0 fully saturated rings. The molecule has 1 aromatic heterocycles. The second kappa shape index (κ2) is 7.26. The molecule has 0 bridgehead atoms. The summed E-state index contributed by atoms with van der Waals surface area (Å²) in [5, 5.41) is 3.53. The predicted octanol–water partition coefficient (Wildman–Crippen LogP) is 3.48. The van der Waals surface area contributed by atoms with Crippen LogP contribution in [0.15, 0.2) is 47.1 Å². The first-order valence-corrected chi connectivity index (χ1v) is 7.38. The molecule has 1 aromatic carbocycles. The number of carbonyl (C=O) groups excluding carboxylic acids is 1. The number of halogens is 1. The zero-order valence-electron chi connectivity index (χ0n) is 10.3. The van der Waals surface area contributed by atoms with Gasteiger partial charge in [-0.05, 0) is 29.8 Å². The summed E-state index contributed by atoms with van der Waals surface area (Å²) in [6.45, 7) is 0.438. The number of hydrogen-bond acceptors (Lipinski definition) is 3. The van der Waals surface area contributed by atoms with Gasteiger partial charge in [-0.25, -0.2) is 0 Å². The summed E-state index contributed by atoms with van der Waals surface area (Å²) in [6.07, 6.45) is 1.59. The van der Waals surface area contributed by atoms with Crippen LogP contribution in [0, 0.1) is 0 Å². The normalized spacial score (nSPS) is 10.4. The lowest BCUT2D eigenvalue weighted by Gasteiger charge is -2.04. The molecule has 5 heteroatoms. The molecule has 1 amide bonds. The van der Waals surface area contributed by atoms with Gasteiger partial charge in [0, 0.05) is 10.8 Å². The van der Waals surface area contributed by atoms with E-state index >= 15 is 0 Å². The van der Waals surface area contributed by atoms with Crippen LogP contribution in [-0.2, 0) is 17.1 Å². The van der Waals surface area contributed by atoms with Crippen LogP contribution in [-0.4, -0.2) is 11.7 Å². The summed E-state index contributed by atoms with van der Waals surface area (Å²) in [6, 6.07) is 11.3. The predicted molar refractivity (Wildman–Crippen MR) is 78.2 cm³/mol. The van der Waals surface area contributed by atoms with Crippen LogP contribution in [0.5, 0.6) is 0 Å². The number of carbonyl (C=O) groups is 1. The minimum absolute atomic E-state index is 0.00960. The molecule has 3 nitrogen and oxygen atoms in total. The Kier molecular flexibility index (Phi) is 5.36. The topological polar surface area (TPSA) is 42.2 Å². The molecule has 1 N–H and O–H groups in total. The fourth-order valence-electron chi connectivity index (χ4n) is 1.49. The lowest BCUT2D eigenvalue weighted by molar-refractivity contribution is -0.118. The molecule has 100 valence electrons. The van der Waals surface area contributed by atoms with E-state index in [0.717, 1.165) is 22.1 Å².